The molecule has 0 fully saturated rings. The van der Waals surface area contributed by atoms with E-state index in [0.717, 1.165) is 12.0 Å². The molecule has 0 radical (unpaired) electrons. The number of alkyl halides is 3. The Kier molecular flexibility index (Phi) is 7.72. The van der Waals surface area contributed by atoms with Gasteiger partial charge in [0, 0.05) is 13.0 Å². The van der Waals surface area contributed by atoms with Gasteiger partial charge >= 0.3 is 6.18 Å². The smallest absolute Gasteiger partial charge is 0.422 e. The van der Waals surface area contributed by atoms with Crippen molar-refractivity contribution in [3.63, 3.8) is 0 Å². The van der Waals surface area contributed by atoms with Crippen LogP contribution in [0.2, 0.25) is 0 Å². The van der Waals surface area contributed by atoms with Crippen LogP contribution in [0.4, 0.5) is 13.2 Å². The predicted octanol–water partition coefficient (Wildman–Crippen LogP) is 4.24. The van der Waals surface area contributed by atoms with E-state index in [0.29, 0.717) is 13.0 Å². The van der Waals surface area contributed by atoms with E-state index in [1.165, 1.54) is 24.3 Å². The molecule has 0 aliphatic rings. The van der Waals surface area contributed by atoms with E-state index in [1.807, 2.05) is 25.1 Å². The molecular weight excluding hydrogens is 371 g/mol. The highest BCUT2D eigenvalue weighted by atomic mass is 19.4. The van der Waals surface area contributed by atoms with Crippen molar-refractivity contribution in [2.75, 3.05) is 20.3 Å². The number of methoxy groups -OCH3 is 1. The molecule has 2 rings (SSSR count). The predicted molar refractivity (Wildman–Crippen MR) is 101 cm³/mol. The molecule has 0 aromatic heterocycles. The summed E-state index contributed by atoms with van der Waals surface area (Å²) in [7, 11) is 1.36. The molecule has 0 heterocycles. The Hall–Kier alpha value is -2.70. The molecule has 0 aliphatic heterocycles. The minimum atomic E-state index is -4.42. The first-order valence-corrected chi connectivity index (χ1v) is 8.95. The van der Waals surface area contributed by atoms with Gasteiger partial charge in [-0.25, -0.2) is 0 Å². The molecule has 2 aromatic rings. The quantitative estimate of drug-likeness (QED) is 0.691. The standard InChI is InChI=1S/C21H24F3NO3/c1-15-4-3-5-16(12-15)10-11-25-20(26)9-7-17-6-8-18(19(13-17)27-2)28-14-21(22,23)24/h3-6,8,12-13H,7,9-11,14H2,1-2H3,(H,25,26). The second kappa shape index (κ2) is 10.0. The Morgan fingerprint density at radius 2 is 1.79 bits per heavy atom. The monoisotopic (exact) mass is 395 g/mol. The topological polar surface area (TPSA) is 47.6 Å². The first kappa shape index (κ1) is 21.6. The second-order valence-corrected chi connectivity index (χ2v) is 6.48. The molecular formula is C21H24F3NO3. The van der Waals surface area contributed by atoms with Crippen molar-refractivity contribution < 1.29 is 27.4 Å². The van der Waals surface area contributed by atoms with Crippen molar-refractivity contribution in [1.82, 2.24) is 5.32 Å². The van der Waals surface area contributed by atoms with E-state index in [-0.39, 0.29) is 23.8 Å². The van der Waals surface area contributed by atoms with E-state index in [2.05, 4.69) is 11.4 Å². The number of carbonyl (C=O) groups is 1. The third kappa shape index (κ3) is 7.50. The zero-order valence-corrected chi connectivity index (χ0v) is 15.9. The molecule has 7 heteroatoms. The summed E-state index contributed by atoms with van der Waals surface area (Å²) in [6.07, 6.45) is -2.93. The summed E-state index contributed by atoms with van der Waals surface area (Å²) < 4.78 is 46.7. The third-order valence-corrected chi connectivity index (χ3v) is 4.08. The maximum Gasteiger partial charge on any atom is 0.422 e. The summed E-state index contributed by atoms with van der Waals surface area (Å²) in [6.45, 7) is 1.19. The zero-order chi connectivity index (χ0) is 20.6. The molecule has 4 nitrogen and oxygen atoms in total. The highest BCUT2D eigenvalue weighted by Gasteiger charge is 2.29. The average molecular weight is 395 g/mol. The molecule has 28 heavy (non-hydrogen) atoms. The van der Waals surface area contributed by atoms with Crippen molar-refractivity contribution in [2.24, 2.45) is 0 Å². The molecule has 152 valence electrons. The summed E-state index contributed by atoms with van der Waals surface area (Å²) in [5, 5.41) is 2.88. The number of ether oxygens (including phenoxy) is 2. The molecule has 0 aliphatic carbocycles. The zero-order valence-electron chi connectivity index (χ0n) is 15.9. The van der Waals surface area contributed by atoms with Crippen LogP contribution >= 0.6 is 0 Å². The summed E-state index contributed by atoms with van der Waals surface area (Å²) in [6, 6.07) is 12.8. The number of benzene rings is 2. The van der Waals surface area contributed by atoms with Crippen LogP contribution in [0.1, 0.15) is 23.1 Å². The number of rotatable bonds is 9. The fourth-order valence-corrected chi connectivity index (χ4v) is 2.71. The molecule has 1 amide bonds. The summed E-state index contributed by atoms with van der Waals surface area (Å²) in [4.78, 5) is 12.0. The van der Waals surface area contributed by atoms with Crippen LogP contribution in [0.25, 0.3) is 0 Å². The summed E-state index contributed by atoms with van der Waals surface area (Å²) in [5.41, 5.74) is 3.13. The lowest BCUT2D eigenvalue weighted by Gasteiger charge is -2.13. The molecule has 0 atom stereocenters. The lowest BCUT2D eigenvalue weighted by atomic mass is 10.1. The Balaban J connectivity index is 1.80. The second-order valence-electron chi connectivity index (χ2n) is 6.48. The van der Waals surface area contributed by atoms with Gasteiger partial charge in [0.05, 0.1) is 7.11 Å². The van der Waals surface area contributed by atoms with Crippen LogP contribution in [0.3, 0.4) is 0 Å². The summed E-state index contributed by atoms with van der Waals surface area (Å²) >= 11 is 0. The average Bonchev–Trinajstić information content (AvgIpc) is 2.64. The maximum atomic E-state index is 12.3. The van der Waals surface area contributed by atoms with E-state index in [4.69, 9.17) is 9.47 Å². The molecule has 0 bridgehead atoms. The fraction of sp³-hybridized carbons (Fsp3) is 0.381. The van der Waals surface area contributed by atoms with Gasteiger partial charge in [-0.2, -0.15) is 13.2 Å². The van der Waals surface area contributed by atoms with Crippen LogP contribution in [0.5, 0.6) is 11.5 Å². The van der Waals surface area contributed by atoms with Gasteiger partial charge < -0.3 is 14.8 Å². The van der Waals surface area contributed by atoms with Gasteiger partial charge in [-0.15, -0.1) is 0 Å². The number of hydrogen-bond acceptors (Lipinski definition) is 3. The Labute approximate surface area is 162 Å². The fourth-order valence-electron chi connectivity index (χ4n) is 2.71. The Morgan fingerprint density at radius 3 is 2.46 bits per heavy atom. The summed E-state index contributed by atoms with van der Waals surface area (Å²) in [5.74, 6) is 0.150. The number of aryl methyl sites for hydroxylation is 2. The molecule has 0 unspecified atom stereocenters. The van der Waals surface area contributed by atoms with Crippen LogP contribution < -0.4 is 14.8 Å². The van der Waals surface area contributed by atoms with Crippen molar-refractivity contribution in [3.05, 3.63) is 59.2 Å². The molecule has 1 N–H and O–H groups in total. The van der Waals surface area contributed by atoms with Crippen molar-refractivity contribution >= 4 is 5.91 Å². The maximum absolute atomic E-state index is 12.3. The van der Waals surface area contributed by atoms with Gasteiger partial charge in [-0.3, -0.25) is 4.79 Å². The highest BCUT2D eigenvalue weighted by Crippen LogP contribution is 2.30. The van der Waals surface area contributed by atoms with Crippen molar-refractivity contribution in [1.29, 1.82) is 0 Å². The van der Waals surface area contributed by atoms with E-state index < -0.39 is 12.8 Å². The number of nitrogens with one attached hydrogen (secondary N) is 1. The minimum Gasteiger partial charge on any atom is -0.493 e. The van der Waals surface area contributed by atoms with Crippen LogP contribution in [0, 0.1) is 6.92 Å². The van der Waals surface area contributed by atoms with Gasteiger partial charge in [0.1, 0.15) is 0 Å². The van der Waals surface area contributed by atoms with Gasteiger partial charge in [-0.1, -0.05) is 35.9 Å². The molecule has 0 spiro atoms. The van der Waals surface area contributed by atoms with E-state index >= 15 is 0 Å². The van der Waals surface area contributed by atoms with E-state index in [1.54, 1.807) is 12.1 Å². The van der Waals surface area contributed by atoms with Gasteiger partial charge in [-0.05, 0) is 43.0 Å². The number of halogens is 3. The SMILES string of the molecule is COc1cc(CCC(=O)NCCc2cccc(C)c2)ccc1OCC(F)(F)F. The minimum absolute atomic E-state index is 0.0196. The lowest BCUT2D eigenvalue weighted by Crippen LogP contribution is -2.25. The largest absolute Gasteiger partial charge is 0.493 e. The molecule has 0 saturated carbocycles. The third-order valence-electron chi connectivity index (χ3n) is 4.08. The van der Waals surface area contributed by atoms with Gasteiger partial charge in [0.25, 0.3) is 0 Å². The first-order chi connectivity index (χ1) is 13.3. The Morgan fingerprint density at radius 1 is 1.04 bits per heavy atom. The van der Waals surface area contributed by atoms with E-state index in [9.17, 15) is 18.0 Å². The number of hydrogen-bond donors (Lipinski definition) is 1. The number of amides is 1. The van der Waals surface area contributed by atoms with Gasteiger partial charge in [0.15, 0.2) is 18.1 Å². The van der Waals surface area contributed by atoms with Crippen LogP contribution in [-0.2, 0) is 17.6 Å². The van der Waals surface area contributed by atoms with Crippen LogP contribution in [0.15, 0.2) is 42.5 Å². The molecule has 0 saturated heterocycles. The number of carbonyl (C=O) groups excluding carboxylic acids is 1. The lowest BCUT2D eigenvalue weighted by molar-refractivity contribution is -0.153. The van der Waals surface area contributed by atoms with Crippen molar-refractivity contribution in [2.45, 2.75) is 32.4 Å². The Bertz CT molecular complexity index is 791. The first-order valence-electron chi connectivity index (χ1n) is 8.95. The van der Waals surface area contributed by atoms with Crippen LogP contribution in [-0.4, -0.2) is 32.3 Å². The van der Waals surface area contributed by atoms with Gasteiger partial charge in [0.2, 0.25) is 5.91 Å². The van der Waals surface area contributed by atoms with Crippen molar-refractivity contribution in [3.8, 4) is 11.5 Å². The normalized spacial score (nSPS) is 11.2. The molecule has 2 aromatic carbocycles. The highest BCUT2D eigenvalue weighted by molar-refractivity contribution is 5.76.